The first kappa shape index (κ1) is 30.0. The van der Waals surface area contributed by atoms with Gasteiger partial charge in [0.2, 0.25) is 0 Å². The zero-order valence-electron chi connectivity index (χ0n) is 25.6. The van der Waals surface area contributed by atoms with E-state index >= 15 is 0 Å². The van der Waals surface area contributed by atoms with Crippen molar-refractivity contribution in [3.05, 3.63) is 155 Å². The number of hydrogen-bond acceptors (Lipinski definition) is 8. The molecule has 2 aliphatic rings. The van der Waals surface area contributed by atoms with Crippen molar-refractivity contribution in [2.45, 2.75) is 57.0 Å². The normalized spacial score (nSPS) is 19.6. The van der Waals surface area contributed by atoms with Gasteiger partial charge in [0.15, 0.2) is 0 Å². The molecule has 4 unspecified atom stereocenters. The molecule has 3 aromatic carbocycles. The summed E-state index contributed by atoms with van der Waals surface area (Å²) in [6.45, 7) is 1.14. The summed E-state index contributed by atoms with van der Waals surface area (Å²) in [7, 11) is 0. The molecule has 0 bridgehead atoms. The molecule has 232 valence electrons. The lowest BCUT2D eigenvalue weighted by molar-refractivity contribution is 0.00944. The molecule has 1 fully saturated rings. The van der Waals surface area contributed by atoms with Crippen LogP contribution < -0.4 is 16.1 Å². The second kappa shape index (κ2) is 14.1. The quantitative estimate of drug-likeness (QED) is 0.136. The van der Waals surface area contributed by atoms with Crippen molar-refractivity contribution in [3.8, 4) is 11.1 Å². The van der Waals surface area contributed by atoms with E-state index in [1.807, 2.05) is 48.5 Å². The predicted octanol–water partition coefficient (Wildman–Crippen LogP) is 6.01. The van der Waals surface area contributed by atoms with E-state index in [0.29, 0.717) is 18.7 Å². The summed E-state index contributed by atoms with van der Waals surface area (Å²) in [4.78, 5) is 9.02. The van der Waals surface area contributed by atoms with Gasteiger partial charge in [0.25, 0.3) is 0 Å². The first-order valence-corrected chi connectivity index (χ1v) is 15.9. The number of hydrazone groups is 1. The Balaban J connectivity index is 1.13. The third-order valence-electron chi connectivity index (χ3n) is 8.73. The maximum Gasteiger partial charge on any atom is 0.132 e. The van der Waals surface area contributed by atoms with Crippen LogP contribution in [0.1, 0.15) is 65.2 Å². The molecule has 0 saturated heterocycles. The molecular weight excluding hydrogens is 572 g/mol. The fraction of sp³-hybridized carbons (Fsp3) is 0.237. The van der Waals surface area contributed by atoms with Gasteiger partial charge in [-0.05, 0) is 54.2 Å². The minimum absolute atomic E-state index is 0.0386. The number of benzene rings is 3. The minimum atomic E-state index is -0.890. The fourth-order valence-electron chi connectivity index (χ4n) is 6.41. The van der Waals surface area contributed by atoms with E-state index in [9.17, 15) is 5.11 Å². The number of pyridine rings is 2. The van der Waals surface area contributed by atoms with Crippen molar-refractivity contribution >= 4 is 5.71 Å². The molecule has 1 aliphatic heterocycles. The Morgan fingerprint density at radius 1 is 0.848 bits per heavy atom. The average Bonchev–Trinajstić information content (AvgIpc) is 3.57. The van der Waals surface area contributed by atoms with Crippen LogP contribution >= 0.6 is 0 Å². The molecule has 0 amide bonds. The highest BCUT2D eigenvalue weighted by molar-refractivity contribution is 6.15. The van der Waals surface area contributed by atoms with Crippen LogP contribution in [-0.4, -0.2) is 32.9 Å². The van der Waals surface area contributed by atoms with Crippen LogP contribution in [0.4, 0.5) is 0 Å². The lowest BCUT2D eigenvalue weighted by Gasteiger charge is -2.29. The van der Waals surface area contributed by atoms with E-state index in [1.54, 1.807) is 18.6 Å². The van der Waals surface area contributed by atoms with Crippen LogP contribution in [0.5, 0.6) is 0 Å². The van der Waals surface area contributed by atoms with E-state index in [1.165, 1.54) is 0 Å². The van der Waals surface area contributed by atoms with Crippen LogP contribution in [0.15, 0.2) is 127 Å². The molecule has 3 heterocycles. The highest BCUT2D eigenvalue weighted by atomic mass is 16.5. The van der Waals surface area contributed by atoms with Crippen LogP contribution in [0.25, 0.3) is 11.1 Å². The number of aromatic nitrogens is 2. The van der Waals surface area contributed by atoms with Gasteiger partial charge in [0.1, 0.15) is 12.4 Å². The maximum absolute atomic E-state index is 11.3. The van der Waals surface area contributed by atoms with E-state index in [4.69, 9.17) is 9.84 Å². The van der Waals surface area contributed by atoms with Crippen molar-refractivity contribution in [3.63, 3.8) is 0 Å². The predicted molar refractivity (Wildman–Crippen MR) is 179 cm³/mol. The summed E-state index contributed by atoms with van der Waals surface area (Å²) < 4.78 is 6.28. The van der Waals surface area contributed by atoms with Crippen LogP contribution in [0.2, 0.25) is 0 Å². The molecule has 1 saturated carbocycles. The Kier molecular flexibility index (Phi) is 9.21. The van der Waals surface area contributed by atoms with E-state index in [0.717, 1.165) is 64.0 Å². The third-order valence-corrected chi connectivity index (χ3v) is 8.73. The van der Waals surface area contributed by atoms with Crippen LogP contribution in [0.3, 0.4) is 0 Å². The summed E-state index contributed by atoms with van der Waals surface area (Å²) in [6.07, 6.45) is 7.20. The van der Waals surface area contributed by atoms with Crippen molar-refractivity contribution in [2.75, 3.05) is 0 Å². The Morgan fingerprint density at radius 3 is 2.48 bits per heavy atom. The Labute approximate surface area is 269 Å². The maximum atomic E-state index is 11.3. The number of fused-ring (bicyclic) bond motifs is 1. The number of aliphatic hydroxyl groups is 1. The van der Waals surface area contributed by atoms with Gasteiger partial charge in [0.05, 0.1) is 24.1 Å². The molecule has 4 atom stereocenters. The number of ether oxygens (including phenoxy) is 1. The molecule has 8 heteroatoms. The largest absolute Gasteiger partial charge is 0.374 e. The third kappa shape index (κ3) is 6.76. The summed E-state index contributed by atoms with van der Waals surface area (Å²) in [6, 6.07) is 34.9. The SMILES string of the molecule is OC(NC1CCCC1OCc1ccccc1)c1cncc(C2=NNC(NCc3ccccn3)c3c2cccc3-c2ccccc2)c1. The number of hydrogen-bond donors (Lipinski definition) is 4. The van der Waals surface area contributed by atoms with Crippen molar-refractivity contribution in [2.24, 2.45) is 5.10 Å². The van der Waals surface area contributed by atoms with Crippen LogP contribution in [0, 0.1) is 0 Å². The van der Waals surface area contributed by atoms with Crippen molar-refractivity contribution in [1.82, 2.24) is 26.0 Å². The zero-order chi connectivity index (χ0) is 31.1. The molecule has 8 nitrogen and oxygen atoms in total. The lowest BCUT2D eigenvalue weighted by Crippen LogP contribution is -2.39. The first-order valence-electron chi connectivity index (χ1n) is 15.9. The number of rotatable bonds is 11. The topological polar surface area (TPSA) is 104 Å². The van der Waals surface area contributed by atoms with Crippen LogP contribution in [-0.2, 0) is 17.9 Å². The average molecular weight is 611 g/mol. The summed E-state index contributed by atoms with van der Waals surface area (Å²) in [5.74, 6) is 0. The number of nitrogens with one attached hydrogen (secondary N) is 3. The zero-order valence-corrected chi connectivity index (χ0v) is 25.6. The van der Waals surface area contributed by atoms with Gasteiger partial charge in [-0.1, -0.05) is 84.9 Å². The van der Waals surface area contributed by atoms with Gasteiger partial charge in [-0.15, -0.1) is 0 Å². The smallest absolute Gasteiger partial charge is 0.132 e. The standard InChI is InChI=1S/C38H38N6O2/c45-38(42-33-18-10-19-34(33)46-25-26-11-3-1-4-12-26)29-21-28(22-39-23-29)36-32-17-9-16-31(27-13-5-2-6-14-27)35(32)37(44-43-36)41-24-30-15-7-8-20-40-30/h1-9,11-17,20-23,33-34,37-38,41-42,44-45H,10,18-19,24-25H2. The van der Waals surface area contributed by atoms with E-state index in [2.05, 4.69) is 80.6 Å². The molecule has 1 aliphatic carbocycles. The Bertz CT molecular complexity index is 1770. The fourth-order valence-corrected chi connectivity index (χ4v) is 6.41. The van der Waals surface area contributed by atoms with E-state index in [-0.39, 0.29) is 18.3 Å². The van der Waals surface area contributed by atoms with Gasteiger partial charge in [-0.3, -0.25) is 26.0 Å². The monoisotopic (exact) mass is 610 g/mol. The summed E-state index contributed by atoms with van der Waals surface area (Å²) in [5, 5.41) is 23.2. The number of aliphatic hydroxyl groups excluding tert-OH is 1. The molecule has 7 rings (SSSR count). The highest BCUT2D eigenvalue weighted by Crippen LogP contribution is 2.34. The highest BCUT2D eigenvalue weighted by Gasteiger charge is 2.31. The summed E-state index contributed by atoms with van der Waals surface area (Å²) >= 11 is 0. The molecule has 46 heavy (non-hydrogen) atoms. The molecule has 0 radical (unpaired) electrons. The second-order valence-corrected chi connectivity index (χ2v) is 11.8. The molecule has 2 aromatic heterocycles. The summed E-state index contributed by atoms with van der Waals surface area (Å²) in [5.41, 5.74) is 12.1. The first-order chi connectivity index (χ1) is 22.7. The molecule has 0 spiro atoms. The van der Waals surface area contributed by atoms with Gasteiger partial charge < -0.3 is 9.84 Å². The lowest BCUT2D eigenvalue weighted by atomic mass is 9.88. The van der Waals surface area contributed by atoms with Gasteiger partial charge in [-0.2, -0.15) is 5.10 Å². The van der Waals surface area contributed by atoms with Crippen molar-refractivity contribution < 1.29 is 9.84 Å². The number of nitrogens with zero attached hydrogens (tertiary/aromatic N) is 3. The Hall–Kier alpha value is -4.73. The molecular formula is C38H38N6O2. The van der Waals surface area contributed by atoms with E-state index < -0.39 is 6.23 Å². The minimum Gasteiger partial charge on any atom is -0.374 e. The Morgan fingerprint density at radius 2 is 1.65 bits per heavy atom. The van der Waals surface area contributed by atoms with Gasteiger partial charge >= 0.3 is 0 Å². The second-order valence-electron chi connectivity index (χ2n) is 11.8. The molecule has 5 aromatic rings. The molecule has 4 N–H and O–H groups in total. The van der Waals surface area contributed by atoms with Gasteiger partial charge in [-0.25, -0.2) is 0 Å². The van der Waals surface area contributed by atoms with Gasteiger partial charge in [0, 0.05) is 53.4 Å². The van der Waals surface area contributed by atoms with Crippen molar-refractivity contribution in [1.29, 1.82) is 0 Å².